The third-order valence-corrected chi connectivity index (χ3v) is 2.19. The number of alkyl halides is 1. The Kier molecular flexibility index (Phi) is 5.23. The van der Waals surface area contributed by atoms with Crippen LogP contribution in [0.3, 0.4) is 0 Å². The van der Waals surface area contributed by atoms with Crippen molar-refractivity contribution in [3.05, 3.63) is 35.9 Å². The first kappa shape index (κ1) is 11.2. The zero-order chi connectivity index (χ0) is 10.2. The molecule has 1 nitrogen and oxygen atoms in total. The quantitative estimate of drug-likeness (QED) is 0.688. The van der Waals surface area contributed by atoms with Gasteiger partial charge in [-0.25, -0.2) is 0 Å². The molecule has 0 saturated heterocycles. The van der Waals surface area contributed by atoms with Crippen LogP contribution >= 0.6 is 0 Å². The molecule has 0 heterocycles. The normalized spacial score (nSPS) is 12.7. The smallest absolute Gasteiger partial charge is 0.0906 e. The SMILES string of the molecule is CC(Cc1ccccc1)NCCCF. The molecule has 1 N–H and O–H groups in total. The van der Waals surface area contributed by atoms with E-state index >= 15 is 0 Å². The molecule has 0 bridgehead atoms. The minimum Gasteiger partial charge on any atom is -0.314 e. The van der Waals surface area contributed by atoms with Gasteiger partial charge in [-0.15, -0.1) is 0 Å². The molecule has 1 atom stereocenters. The van der Waals surface area contributed by atoms with E-state index in [1.165, 1.54) is 5.56 Å². The van der Waals surface area contributed by atoms with Gasteiger partial charge in [0.15, 0.2) is 0 Å². The molecule has 1 aromatic rings. The van der Waals surface area contributed by atoms with Crippen LogP contribution in [0, 0.1) is 0 Å². The molecular weight excluding hydrogens is 177 g/mol. The van der Waals surface area contributed by atoms with Gasteiger partial charge in [0.05, 0.1) is 6.67 Å². The minimum atomic E-state index is -0.231. The Morgan fingerprint density at radius 3 is 2.64 bits per heavy atom. The van der Waals surface area contributed by atoms with Crippen LogP contribution in [0.25, 0.3) is 0 Å². The van der Waals surface area contributed by atoms with Crippen LogP contribution in [0.4, 0.5) is 4.39 Å². The number of rotatable bonds is 6. The predicted molar refractivity (Wildman–Crippen MR) is 58.2 cm³/mol. The molecule has 0 spiro atoms. The number of halogens is 1. The maximum Gasteiger partial charge on any atom is 0.0906 e. The van der Waals surface area contributed by atoms with Crippen molar-refractivity contribution >= 4 is 0 Å². The van der Waals surface area contributed by atoms with Crippen LogP contribution in [-0.4, -0.2) is 19.3 Å². The van der Waals surface area contributed by atoms with Gasteiger partial charge in [-0.05, 0) is 31.9 Å². The molecule has 1 rings (SSSR count). The van der Waals surface area contributed by atoms with E-state index in [9.17, 15) is 4.39 Å². The van der Waals surface area contributed by atoms with E-state index in [1.807, 2.05) is 18.2 Å². The van der Waals surface area contributed by atoms with Crippen LogP contribution in [0.1, 0.15) is 18.9 Å². The van der Waals surface area contributed by atoms with Crippen LogP contribution in [0.5, 0.6) is 0 Å². The van der Waals surface area contributed by atoms with Gasteiger partial charge < -0.3 is 5.32 Å². The number of benzene rings is 1. The summed E-state index contributed by atoms with van der Waals surface area (Å²) in [7, 11) is 0. The molecule has 0 fully saturated rings. The van der Waals surface area contributed by atoms with Gasteiger partial charge >= 0.3 is 0 Å². The minimum absolute atomic E-state index is 0.231. The molecular formula is C12H18FN. The molecule has 0 amide bonds. The number of hydrogen-bond acceptors (Lipinski definition) is 1. The summed E-state index contributed by atoms with van der Waals surface area (Å²) in [6, 6.07) is 10.8. The van der Waals surface area contributed by atoms with Crippen molar-refractivity contribution in [1.29, 1.82) is 0 Å². The molecule has 14 heavy (non-hydrogen) atoms. The third-order valence-electron chi connectivity index (χ3n) is 2.19. The second-order valence-corrected chi connectivity index (χ2v) is 3.59. The molecule has 1 unspecified atom stereocenters. The van der Waals surface area contributed by atoms with Crippen molar-refractivity contribution < 1.29 is 4.39 Å². The molecule has 0 aromatic heterocycles. The Labute approximate surface area is 85.3 Å². The highest BCUT2D eigenvalue weighted by Crippen LogP contribution is 2.02. The largest absolute Gasteiger partial charge is 0.314 e. The fraction of sp³-hybridized carbons (Fsp3) is 0.500. The Bertz CT molecular complexity index is 235. The maximum absolute atomic E-state index is 11.8. The zero-order valence-corrected chi connectivity index (χ0v) is 8.67. The van der Waals surface area contributed by atoms with Gasteiger partial charge in [0.1, 0.15) is 0 Å². The second kappa shape index (κ2) is 6.55. The lowest BCUT2D eigenvalue weighted by Gasteiger charge is -2.12. The maximum atomic E-state index is 11.8. The Hall–Kier alpha value is -0.890. The lowest BCUT2D eigenvalue weighted by molar-refractivity contribution is 0.442. The summed E-state index contributed by atoms with van der Waals surface area (Å²) in [4.78, 5) is 0. The Morgan fingerprint density at radius 2 is 2.00 bits per heavy atom. The molecule has 0 radical (unpaired) electrons. The molecule has 2 heteroatoms. The van der Waals surface area contributed by atoms with E-state index in [0.29, 0.717) is 12.5 Å². The number of hydrogen-bond donors (Lipinski definition) is 1. The van der Waals surface area contributed by atoms with E-state index in [2.05, 4.69) is 24.4 Å². The van der Waals surface area contributed by atoms with Crippen molar-refractivity contribution in [2.45, 2.75) is 25.8 Å². The third kappa shape index (κ3) is 4.38. The van der Waals surface area contributed by atoms with Gasteiger partial charge in [-0.2, -0.15) is 0 Å². The van der Waals surface area contributed by atoms with Crippen molar-refractivity contribution in [2.75, 3.05) is 13.2 Å². The lowest BCUT2D eigenvalue weighted by Crippen LogP contribution is -2.29. The van der Waals surface area contributed by atoms with Gasteiger partial charge in [-0.1, -0.05) is 30.3 Å². The fourth-order valence-electron chi connectivity index (χ4n) is 1.46. The predicted octanol–water partition coefficient (Wildman–Crippen LogP) is 2.57. The summed E-state index contributed by atoms with van der Waals surface area (Å²) in [5, 5.41) is 3.29. The van der Waals surface area contributed by atoms with Crippen LogP contribution in [0.15, 0.2) is 30.3 Å². The Morgan fingerprint density at radius 1 is 1.29 bits per heavy atom. The summed E-state index contributed by atoms with van der Waals surface area (Å²) in [6.45, 7) is 2.67. The van der Waals surface area contributed by atoms with Crippen molar-refractivity contribution in [3.8, 4) is 0 Å². The lowest BCUT2D eigenvalue weighted by atomic mass is 10.1. The average Bonchev–Trinajstić information content (AvgIpc) is 2.20. The fourth-order valence-corrected chi connectivity index (χ4v) is 1.46. The first-order chi connectivity index (χ1) is 6.83. The molecule has 0 aliphatic carbocycles. The molecule has 78 valence electrons. The van der Waals surface area contributed by atoms with Crippen molar-refractivity contribution in [1.82, 2.24) is 5.32 Å². The summed E-state index contributed by atoms with van der Waals surface area (Å²) >= 11 is 0. The monoisotopic (exact) mass is 195 g/mol. The van der Waals surface area contributed by atoms with Gasteiger partial charge in [0.25, 0.3) is 0 Å². The highest BCUT2D eigenvalue weighted by molar-refractivity contribution is 5.15. The highest BCUT2D eigenvalue weighted by atomic mass is 19.1. The van der Waals surface area contributed by atoms with E-state index in [4.69, 9.17) is 0 Å². The topological polar surface area (TPSA) is 12.0 Å². The summed E-state index contributed by atoms with van der Waals surface area (Å²) in [6.07, 6.45) is 1.62. The summed E-state index contributed by atoms with van der Waals surface area (Å²) in [5.74, 6) is 0. The average molecular weight is 195 g/mol. The standard InChI is InChI=1S/C12H18FN/c1-11(14-9-5-8-13)10-12-6-3-2-4-7-12/h2-4,6-7,11,14H,5,8-10H2,1H3. The van der Waals surface area contributed by atoms with Gasteiger partial charge in [-0.3, -0.25) is 4.39 Å². The Balaban J connectivity index is 2.23. The van der Waals surface area contributed by atoms with Crippen LogP contribution < -0.4 is 5.32 Å². The summed E-state index contributed by atoms with van der Waals surface area (Å²) < 4.78 is 11.8. The van der Waals surface area contributed by atoms with E-state index in [-0.39, 0.29) is 6.67 Å². The van der Waals surface area contributed by atoms with Gasteiger partial charge in [0.2, 0.25) is 0 Å². The van der Waals surface area contributed by atoms with Crippen molar-refractivity contribution in [3.63, 3.8) is 0 Å². The van der Waals surface area contributed by atoms with E-state index < -0.39 is 0 Å². The zero-order valence-electron chi connectivity index (χ0n) is 8.67. The summed E-state index contributed by atoms with van der Waals surface area (Å²) in [5.41, 5.74) is 1.33. The molecule has 1 aromatic carbocycles. The first-order valence-electron chi connectivity index (χ1n) is 5.16. The van der Waals surface area contributed by atoms with Crippen LogP contribution in [0.2, 0.25) is 0 Å². The first-order valence-corrected chi connectivity index (χ1v) is 5.16. The van der Waals surface area contributed by atoms with E-state index in [1.54, 1.807) is 0 Å². The highest BCUT2D eigenvalue weighted by Gasteiger charge is 2.01. The van der Waals surface area contributed by atoms with Gasteiger partial charge in [0, 0.05) is 6.04 Å². The van der Waals surface area contributed by atoms with Crippen LogP contribution in [-0.2, 0) is 6.42 Å². The van der Waals surface area contributed by atoms with Crippen molar-refractivity contribution in [2.24, 2.45) is 0 Å². The molecule has 0 aliphatic rings. The number of nitrogens with one attached hydrogen (secondary N) is 1. The van der Waals surface area contributed by atoms with E-state index in [0.717, 1.165) is 13.0 Å². The molecule has 0 aliphatic heterocycles. The molecule has 0 saturated carbocycles. The second-order valence-electron chi connectivity index (χ2n) is 3.59.